The van der Waals surface area contributed by atoms with Crippen molar-refractivity contribution >= 4 is 23.3 Å². The zero-order chi connectivity index (χ0) is 22.6. The molecule has 0 bridgehead atoms. The molecule has 0 aliphatic rings. The highest BCUT2D eigenvalue weighted by molar-refractivity contribution is 5.96. The second-order valence-electron chi connectivity index (χ2n) is 7.35. The molecular formula is C19H21FN4O6. The van der Waals surface area contributed by atoms with Crippen LogP contribution in [-0.4, -0.2) is 45.8 Å². The number of aromatic nitrogens is 2. The SMILES string of the molecule is CC(=O)c1ccc(F)cc1Oc1ncnc(N(C)CC(=O)OC(C)(C)C)c1[N+](=O)[O-]. The fourth-order valence-electron chi connectivity index (χ4n) is 2.49. The van der Waals surface area contributed by atoms with Crippen LogP contribution in [0, 0.1) is 15.9 Å². The summed E-state index contributed by atoms with van der Waals surface area (Å²) in [6, 6.07) is 3.19. The van der Waals surface area contributed by atoms with Gasteiger partial charge in [0.1, 0.15) is 30.0 Å². The van der Waals surface area contributed by atoms with Gasteiger partial charge in [-0.2, -0.15) is 4.98 Å². The Bertz CT molecular complexity index is 989. The molecule has 1 aromatic heterocycles. The molecule has 0 unspecified atom stereocenters. The maximum absolute atomic E-state index is 13.6. The molecule has 2 aromatic rings. The van der Waals surface area contributed by atoms with Crippen molar-refractivity contribution in [1.82, 2.24) is 9.97 Å². The molecule has 0 atom stereocenters. The van der Waals surface area contributed by atoms with Crippen LogP contribution in [0.3, 0.4) is 0 Å². The number of esters is 1. The van der Waals surface area contributed by atoms with Gasteiger partial charge in [-0.1, -0.05) is 0 Å². The Morgan fingerprint density at radius 2 is 1.93 bits per heavy atom. The monoisotopic (exact) mass is 420 g/mol. The van der Waals surface area contributed by atoms with Gasteiger partial charge >= 0.3 is 17.5 Å². The van der Waals surface area contributed by atoms with Gasteiger partial charge in [0, 0.05) is 13.1 Å². The summed E-state index contributed by atoms with van der Waals surface area (Å²) in [7, 11) is 1.41. The molecule has 0 spiro atoms. The van der Waals surface area contributed by atoms with E-state index in [1.165, 1.54) is 24.9 Å². The molecule has 0 amide bonds. The number of Topliss-reactive ketones (excluding diaryl/α,β-unsaturated/α-hetero) is 1. The zero-order valence-corrected chi connectivity index (χ0v) is 17.1. The first-order chi connectivity index (χ1) is 13.9. The summed E-state index contributed by atoms with van der Waals surface area (Å²) in [5.74, 6) is -2.70. The van der Waals surface area contributed by atoms with E-state index in [1.54, 1.807) is 20.8 Å². The Kier molecular flexibility index (Phi) is 6.65. The smallest absolute Gasteiger partial charge is 0.373 e. The summed E-state index contributed by atoms with van der Waals surface area (Å²) in [5.41, 5.74) is -1.36. The summed E-state index contributed by atoms with van der Waals surface area (Å²) in [5, 5.41) is 11.7. The van der Waals surface area contributed by atoms with E-state index < -0.39 is 39.7 Å². The van der Waals surface area contributed by atoms with Gasteiger partial charge in [0.15, 0.2) is 5.78 Å². The highest BCUT2D eigenvalue weighted by Crippen LogP contribution is 2.36. The summed E-state index contributed by atoms with van der Waals surface area (Å²) in [6.07, 6.45) is 0.996. The molecule has 10 nitrogen and oxygen atoms in total. The van der Waals surface area contributed by atoms with E-state index in [-0.39, 0.29) is 23.7 Å². The van der Waals surface area contributed by atoms with Crippen molar-refractivity contribution in [3.63, 3.8) is 0 Å². The second kappa shape index (κ2) is 8.80. The van der Waals surface area contributed by atoms with Crippen molar-refractivity contribution in [3.05, 3.63) is 46.0 Å². The maximum atomic E-state index is 13.6. The van der Waals surface area contributed by atoms with E-state index >= 15 is 0 Å². The fraction of sp³-hybridized carbons (Fsp3) is 0.368. The van der Waals surface area contributed by atoms with Crippen molar-refractivity contribution in [2.24, 2.45) is 0 Å². The minimum absolute atomic E-state index is 0.0213. The number of rotatable bonds is 7. The minimum Gasteiger partial charge on any atom is -0.459 e. The van der Waals surface area contributed by atoms with Crippen LogP contribution < -0.4 is 9.64 Å². The number of ketones is 1. The molecule has 0 saturated carbocycles. The molecule has 11 heteroatoms. The molecule has 0 fully saturated rings. The van der Waals surface area contributed by atoms with E-state index in [9.17, 15) is 24.1 Å². The number of likely N-dealkylation sites (N-methyl/N-ethyl adjacent to an activating group) is 1. The van der Waals surface area contributed by atoms with Gasteiger partial charge in [-0.05, 0) is 39.8 Å². The first-order valence-corrected chi connectivity index (χ1v) is 8.79. The van der Waals surface area contributed by atoms with Gasteiger partial charge in [0.25, 0.3) is 0 Å². The number of nitrogens with zero attached hydrogens (tertiary/aromatic N) is 4. The van der Waals surface area contributed by atoms with Gasteiger partial charge in [0.05, 0.1) is 10.5 Å². The summed E-state index contributed by atoms with van der Waals surface area (Å²) >= 11 is 0. The van der Waals surface area contributed by atoms with Crippen molar-refractivity contribution in [2.75, 3.05) is 18.5 Å². The van der Waals surface area contributed by atoms with Crippen LogP contribution in [0.25, 0.3) is 0 Å². The predicted molar refractivity (Wildman–Crippen MR) is 104 cm³/mol. The fourth-order valence-corrected chi connectivity index (χ4v) is 2.49. The van der Waals surface area contributed by atoms with E-state index in [2.05, 4.69) is 9.97 Å². The van der Waals surface area contributed by atoms with E-state index in [1.807, 2.05) is 0 Å². The molecule has 0 aliphatic heterocycles. The third kappa shape index (κ3) is 5.69. The van der Waals surface area contributed by atoms with Crippen molar-refractivity contribution in [3.8, 4) is 11.6 Å². The number of halogens is 1. The molecule has 1 aromatic carbocycles. The number of carbonyl (C=O) groups is 2. The molecule has 2 rings (SSSR count). The number of hydrogen-bond acceptors (Lipinski definition) is 9. The predicted octanol–water partition coefficient (Wildman–Crippen LogP) is 3.30. The van der Waals surface area contributed by atoms with Crippen LogP contribution in [0.4, 0.5) is 15.9 Å². The molecule has 0 N–H and O–H groups in total. The lowest BCUT2D eigenvalue weighted by atomic mass is 10.1. The van der Waals surface area contributed by atoms with Crippen LogP contribution in [0.15, 0.2) is 24.5 Å². The summed E-state index contributed by atoms with van der Waals surface area (Å²) in [6.45, 7) is 5.99. The van der Waals surface area contributed by atoms with Gasteiger partial charge in [-0.25, -0.2) is 9.37 Å². The molecule has 1 heterocycles. The van der Waals surface area contributed by atoms with Gasteiger partial charge < -0.3 is 14.4 Å². The number of anilines is 1. The Morgan fingerprint density at radius 1 is 1.27 bits per heavy atom. The van der Waals surface area contributed by atoms with Crippen molar-refractivity contribution < 1.29 is 28.4 Å². The lowest BCUT2D eigenvalue weighted by molar-refractivity contribution is -0.385. The molecule has 0 radical (unpaired) electrons. The van der Waals surface area contributed by atoms with Gasteiger partial charge in [-0.15, -0.1) is 0 Å². The lowest BCUT2D eigenvalue weighted by Crippen LogP contribution is -2.33. The van der Waals surface area contributed by atoms with Crippen LogP contribution in [0.2, 0.25) is 0 Å². The number of ether oxygens (including phenoxy) is 2. The van der Waals surface area contributed by atoms with Crippen molar-refractivity contribution in [1.29, 1.82) is 0 Å². The molecule has 160 valence electrons. The van der Waals surface area contributed by atoms with Crippen LogP contribution in [-0.2, 0) is 9.53 Å². The average Bonchev–Trinajstić information content (AvgIpc) is 2.59. The lowest BCUT2D eigenvalue weighted by Gasteiger charge is -2.23. The Hall–Kier alpha value is -3.63. The molecule has 0 saturated heterocycles. The Labute approximate surface area is 171 Å². The standard InChI is InChI=1S/C19H21FN4O6/c1-11(25)13-7-6-12(20)8-14(13)29-18-16(24(27)28)17(21-10-22-18)23(5)9-15(26)30-19(2,3)4/h6-8,10H,9H2,1-5H3. The zero-order valence-electron chi connectivity index (χ0n) is 17.1. The quantitative estimate of drug-likeness (QED) is 0.287. The number of hydrogen-bond donors (Lipinski definition) is 0. The summed E-state index contributed by atoms with van der Waals surface area (Å²) in [4.78, 5) is 43.6. The van der Waals surface area contributed by atoms with E-state index in [0.29, 0.717) is 0 Å². The number of carbonyl (C=O) groups excluding carboxylic acids is 2. The number of benzene rings is 1. The van der Waals surface area contributed by atoms with Crippen LogP contribution >= 0.6 is 0 Å². The van der Waals surface area contributed by atoms with Crippen LogP contribution in [0.5, 0.6) is 11.6 Å². The second-order valence-corrected chi connectivity index (χ2v) is 7.35. The molecule has 30 heavy (non-hydrogen) atoms. The first kappa shape index (κ1) is 22.7. The highest BCUT2D eigenvalue weighted by Gasteiger charge is 2.30. The third-order valence-corrected chi connectivity index (χ3v) is 3.63. The third-order valence-electron chi connectivity index (χ3n) is 3.63. The van der Waals surface area contributed by atoms with Gasteiger partial charge in [-0.3, -0.25) is 19.7 Å². The van der Waals surface area contributed by atoms with Crippen LogP contribution in [0.1, 0.15) is 38.1 Å². The van der Waals surface area contributed by atoms with Gasteiger partial charge in [0.2, 0.25) is 5.82 Å². The summed E-state index contributed by atoms with van der Waals surface area (Å²) < 4.78 is 24.3. The number of nitro groups is 1. The topological polar surface area (TPSA) is 125 Å². The normalized spacial score (nSPS) is 11.0. The minimum atomic E-state index is -0.789. The van der Waals surface area contributed by atoms with Crippen molar-refractivity contribution in [2.45, 2.75) is 33.3 Å². The average molecular weight is 420 g/mol. The Morgan fingerprint density at radius 3 is 2.50 bits per heavy atom. The Balaban J connectivity index is 2.43. The maximum Gasteiger partial charge on any atom is 0.373 e. The first-order valence-electron chi connectivity index (χ1n) is 8.79. The largest absolute Gasteiger partial charge is 0.459 e. The highest BCUT2D eigenvalue weighted by atomic mass is 19.1. The molecule has 0 aliphatic carbocycles. The van der Waals surface area contributed by atoms with E-state index in [0.717, 1.165) is 18.5 Å². The molecular weight excluding hydrogens is 399 g/mol. The van der Waals surface area contributed by atoms with E-state index in [4.69, 9.17) is 9.47 Å².